The summed E-state index contributed by atoms with van der Waals surface area (Å²) in [7, 11) is 1.62. The third kappa shape index (κ3) is 7.08. The van der Waals surface area contributed by atoms with Crippen molar-refractivity contribution in [3.63, 3.8) is 0 Å². The molecule has 0 bridgehead atoms. The normalized spacial score (nSPS) is 10.6. The van der Waals surface area contributed by atoms with E-state index in [0.717, 1.165) is 21.7 Å². The van der Waals surface area contributed by atoms with Gasteiger partial charge in [-0.05, 0) is 30.3 Å². The smallest absolute Gasteiger partial charge is 0.193 e. The zero-order valence-electron chi connectivity index (χ0n) is 12.7. The summed E-state index contributed by atoms with van der Waals surface area (Å²) in [5.41, 5.74) is 6.66. The second kappa shape index (κ2) is 10.3. The highest BCUT2D eigenvalue weighted by molar-refractivity contribution is 14.0. The maximum atomic E-state index is 5.84. The summed E-state index contributed by atoms with van der Waals surface area (Å²) >= 11 is 3.40. The molecule has 5 nitrogen and oxygen atoms in total. The van der Waals surface area contributed by atoms with Gasteiger partial charge >= 0.3 is 0 Å². The molecule has 0 heterocycles. The summed E-state index contributed by atoms with van der Waals surface area (Å²) < 4.78 is 11.7. The Balaban J connectivity index is 0.00000264. The van der Waals surface area contributed by atoms with Gasteiger partial charge in [-0.3, -0.25) is 0 Å². The molecule has 0 spiro atoms. The molecule has 0 amide bonds. The van der Waals surface area contributed by atoms with E-state index in [1.165, 1.54) is 0 Å². The molecule has 23 heavy (non-hydrogen) atoms. The minimum absolute atomic E-state index is 0. The number of nitrogens with zero attached hydrogens (tertiary/aromatic N) is 1. The van der Waals surface area contributed by atoms with Gasteiger partial charge in [0.25, 0.3) is 0 Å². The SMILES string of the molecule is COc1cccc(NC(N)=NCCOc2cccc(Br)c2)c1.I. The van der Waals surface area contributed by atoms with Gasteiger partial charge in [0.05, 0.1) is 13.7 Å². The summed E-state index contributed by atoms with van der Waals surface area (Å²) in [4.78, 5) is 4.22. The Bertz CT molecular complexity index is 653. The maximum Gasteiger partial charge on any atom is 0.193 e. The van der Waals surface area contributed by atoms with Crippen LogP contribution in [0.5, 0.6) is 11.5 Å². The Morgan fingerprint density at radius 1 is 1.17 bits per heavy atom. The number of anilines is 1. The van der Waals surface area contributed by atoms with Crippen LogP contribution < -0.4 is 20.5 Å². The molecule has 0 radical (unpaired) electrons. The van der Waals surface area contributed by atoms with E-state index < -0.39 is 0 Å². The van der Waals surface area contributed by atoms with Crippen LogP contribution in [0.15, 0.2) is 58.0 Å². The van der Waals surface area contributed by atoms with Gasteiger partial charge in [0.15, 0.2) is 5.96 Å². The summed E-state index contributed by atoms with van der Waals surface area (Å²) in [6.07, 6.45) is 0. The number of halogens is 2. The molecule has 0 unspecified atom stereocenters. The first-order chi connectivity index (χ1) is 10.7. The van der Waals surface area contributed by atoms with Crippen LogP contribution in [0.3, 0.4) is 0 Å². The predicted octanol–water partition coefficient (Wildman–Crippen LogP) is 3.88. The second-order valence-corrected chi connectivity index (χ2v) is 5.35. The Hall–Kier alpha value is -1.48. The molecule has 3 N–H and O–H groups in total. The van der Waals surface area contributed by atoms with Crippen LogP contribution in [-0.4, -0.2) is 26.2 Å². The summed E-state index contributed by atoms with van der Waals surface area (Å²) in [5.74, 6) is 1.89. The Morgan fingerprint density at radius 3 is 2.65 bits per heavy atom. The number of benzene rings is 2. The average molecular weight is 492 g/mol. The number of ether oxygens (including phenoxy) is 2. The number of methoxy groups -OCH3 is 1. The topological polar surface area (TPSA) is 68.9 Å². The third-order valence-corrected chi connectivity index (χ3v) is 3.27. The van der Waals surface area contributed by atoms with Crippen molar-refractivity contribution in [1.29, 1.82) is 0 Å². The molecule has 0 aliphatic rings. The molecule has 124 valence electrons. The van der Waals surface area contributed by atoms with E-state index in [-0.39, 0.29) is 24.0 Å². The van der Waals surface area contributed by atoms with Gasteiger partial charge in [0.2, 0.25) is 0 Å². The molecule has 0 atom stereocenters. The number of nitrogens with one attached hydrogen (secondary N) is 1. The fraction of sp³-hybridized carbons (Fsp3) is 0.188. The van der Waals surface area contributed by atoms with E-state index in [1.807, 2.05) is 48.5 Å². The maximum absolute atomic E-state index is 5.84. The minimum atomic E-state index is 0. The first-order valence-electron chi connectivity index (χ1n) is 6.77. The lowest BCUT2D eigenvalue weighted by Gasteiger charge is -2.08. The highest BCUT2D eigenvalue weighted by Gasteiger charge is 1.98. The van der Waals surface area contributed by atoms with Gasteiger partial charge in [-0.15, -0.1) is 24.0 Å². The molecule has 7 heteroatoms. The average Bonchev–Trinajstić information content (AvgIpc) is 2.52. The van der Waals surface area contributed by atoms with Gasteiger partial charge in [0.1, 0.15) is 18.1 Å². The largest absolute Gasteiger partial charge is 0.497 e. The quantitative estimate of drug-likeness (QED) is 0.278. The van der Waals surface area contributed by atoms with E-state index in [1.54, 1.807) is 7.11 Å². The standard InChI is InChI=1S/C16H18BrN3O2.HI/c1-21-14-6-3-5-13(11-14)20-16(18)19-8-9-22-15-7-2-4-12(17)10-15;/h2-7,10-11H,8-9H2,1H3,(H3,18,19,20);1H. The molecule has 0 saturated carbocycles. The first-order valence-corrected chi connectivity index (χ1v) is 7.56. The minimum Gasteiger partial charge on any atom is -0.497 e. The zero-order chi connectivity index (χ0) is 15.8. The van der Waals surface area contributed by atoms with Gasteiger partial charge in [-0.2, -0.15) is 0 Å². The van der Waals surface area contributed by atoms with Crippen LogP contribution in [-0.2, 0) is 0 Å². The lowest BCUT2D eigenvalue weighted by atomic mass is 10.3. The number of rotatable bonds is 6. The van der Waals surface area contributed by atoms with Crippen molar-refractivity contribution in [1.82, 2.24) is 0 Å². The molecule has 2 aromatic rings. The van der Waals surface area contributed by atoms with E-state index in [4.69, 9.17) is 15.2 Å². The zero-order valence-corrected chi connectivity index (χ0v) is 16.6. The fourth-order valence-electron chi connectivity index (χ4n) is 1.77. The van der Waals surface area contributed by atoms with Crippen LogP contribution in [0.2, 0.25) is 0 Å². The van der Waals surface area contributed by atoms with E-state index >= 15 is 0 Å². The monoisotopic (exact) mass is 491 g/mol. The molecule has 0 aliphatic heterocycles. The van der Waals surface area contributed by atoms with Crippen LogP contribution in [0.4, 0.5) is 5.69 Å². The van der Waals surface area contributed by atoms with Crippen LogP contribution in [0.25, 0.3) is 0 Å². The molecule has 0 saturated heterocycles. The lowest BCUT2D eigenvalue weighted by Crippen LogP contribution is -2.23. The van der Waals surface area contributed by atoms with Crippen molar-refractivity contribution in [2.45, 2.75) is 0 Å². The number of hydrogen-bond acceptors (Lipinski definition) is 3. The first kappa shape index (κ1) is 19.6. The summed E-state index contributed by atoms with van der Waals surface area (Å²) in [6, 6.07) is 15.1. The van der Waals surface area contributed by atoms with E-state index in [0.29, 0.717) is 19.1 Å². The van der Waals surface area contributed by atoms with Crippen LogP contribution in [0, 0.1) is 0 Å². The molecule has 2 rings (SSSR count). The fourth-order valence-corrected chi connectivity index (χ4v) is 2.15. The highest BCUT2D eigenvalue weighted by atomic mass is 127. The van der Waals surface area contributed by atoms with Gasteiger partial charge < -0.3 is 20.5 Å². The Labute approximate surface area is 161 Å². The number of guanidine groups is 1. The van der Waals surface area contributed by atoms with Crippen LogP contribution >= 0.6 is 39.9 Å². The van der Waals surface area contributed by atoms with Crippen LogP contribution in [0.1, 0.15) is 0 Å². The number of aliphatic imine (C=N–C) groups is 1. The van der Waals surface area contributed by atoms with Gasteiger partial charge in [0, 0.05) is 16.2 Å². The molecule has 0 aromatic heterocycles. The highest BCUT2D eigenvalue weighted by Crippen LogP contribution is 2.18. The van der Waals surface area contributed by atoms with Crippen molar-refractivity contribution in [2.75, 3.05) is 25.6 Å². The Morgan fingerprint density at radius 2 is 1.91 bits per heavy atom. The van der Waals surface area contributed by atoms with Crippen molar-refractivity contribution >= 4 is 51.6 Å². The number of nitrogens with two attached hydrogens (primary N) is 1. The molecule has 0 aliphatic carbocycles. The second-order valence-electron chi connectivity index (χ2n) is 4.43. The summed E-state index contributed by atoms with van der Waals surface area (Å²) in [5, 5.41) is 3.01. The third-order valence-electron chi connectivity index (χ3n) is 2.78. The van der Waals surface area contributed by atoms with Gasteiger partial charge in [-0.1, -0.05) is 28.1 Å². The van der Waals surface area contributed by atoms with Crippen molar-refractivity contribution in [2.24, 2.45) is 10.7 Å². The molecular weight excluding hydrogens is 473 g/mol. The lowest BCUT2D eigenvalue weighted by molar-refractivity contribution is 0.328. The van der Waals surface area contributed by atoms with Crippen molar-refractivity contribution < 1.29 is 9.47 Å². The molecule has 2 aromatic carbocycles. The van der Waals surface area contributed by atoms with E-state index in [9.17, 15) is 0 Å². The molecule has 0 fully saturated rings. The number of hydrogen-bond donors (Lipinski definition) is 2. The predicted molar refractivity (Wildman–Crippen MR) is 108 cm³/mol. The van der Waals surface area contributed by atoms with E-state index in [2.05, 4.69) is 26.2 Å². The van der Waals surface area contributed by atoms with Gasteiger partial charge in [-0.25, -0.2) is 4.99 Å². The van der Waals surface area contributed by atoms with Crippen molar-refractivity contribution in [3.05, 3.63) is 53.0 Å². The Kier molecular flexibility index (Phi) is 8.78. The molecular formula is C16H19BrIN3O2. The summed E-state index contributed by atoms with van der Waals surface area (Å²) in [6.45, 7) is 0.923. The van der Waals surface area contributed by atoms with Crippen molar-refractivity contribution in [3.8, 4) is 11.5 Å².